The second kappa shape index (κ2) is 9.14. The fourth-order valence-corrected chi connectivity index (χ4v) is 5.60. The van der Waals surface area contributed by atoms with E-state index in [0.29, 0.717) is 27.3 Å². The lowest BCUT2D eigenvalue weighted by atomic mass is 9.72. The summed E-state index contributed by atoms with van der Waals surface area (Å²) in [6, 6.07) is 4.75. The number of primary amides is 1. The van der Waals surface area contributed by atoms with E-state index in [9.17, 15) is 9.59 Å². The molecule has 0 saturated heterocycles. The zero-order chi connectivity index (χ0) is 22.9. The van der Waals surface area contributed by atoms with E-state index < -0.39 is 11.8 Å². The number of nitrogens with two attached hydrogens (primary N) is 1. The zero-order valence-corrected chi connectivity index (χ0v) is 20.3. The molecule has 2 amide bonds. The number of carbonyl (C=O) groups is 2. The quantitative estimate of drug-likeness (QED) is 0.548. The third-order valence-electron chi connectivity index (χ3n) is 5.60. The van der Waals surface area contributed by atoms with E-state index in [0.717, 1.165) is 29.7 Å². The van der Waals surface area contributed by atoms with Crippen molar-refractivity contribution in [1.29, 1.82) is 0 Å². The van der Waals surface area contributed by atoms with Crippen LogP contribution in [0.5, 0.6) is 5.75 Å². The van der Waals surface area contributed by atoms with Crippen LogP contribution in [0.25, 0.3) is 0 Å². The summed E-state index contributed by atoms with van der Waals surface area (Å²) in [5.74, 6) is -0.0667. The van der Waals surface area contributed by atoms with Gasteiger partial charge in [0.1, 0.15) is 10.8 Å². The van der Waals surface area contributed by atoms with Gasteiger partial charge in [-0.1, -0.05) is 32.4 Å². The molecular weight excluding hydrogens is 454 g/mol. The van der Waals surface area contributed by atoms with Crippen LogP contribution in [0.1, 0.15) is 58.3 Å². The number of nitrogens with one attached hydrogen (secondary N) is 2. The summed E-state index contributed by atoms with van der Waals surface area (Å²) in [7, 11) is 1.47. The number of methoxy groups -OCH3 is 1. The minimum atomic E-state index is -0.500. The molecule has 0 fully saturated rings. The highest BCUT2D eigenvalue weighted by atomic mass is 35.5. The van der Waals surface area contributed by atoms with Crippen LogP contribution in [0, 0.1) is 11.3 Å². The number of halogens is 1. The van der Waals surface area contributed by atoms with Gasteiger partial charge in [0.05, 0.1) is 18.2 Å². The molecule has 0 aliphatic heterocycles. The van der Waals surface area contributed by atoms with Gasteiger partial charge in [-0.15, -0.1) is 11.3 Å². The molecule has 1 aromatic heterocycles. The van der Waals surface area contributed by atoms with Crippen molar-refractivity contribution in [3.63, 3.8) is 0 Å². The predicted octanol–water partition coefficient (Wildman–Crippen LogP) is 4.79. The first-order valence-corrected chi connectivity index (χ1v) is 11.5. The molecule has 1 heterocycles. The van der Waals surface area contributed by atoms with Crippen LogP contribution in [-0.2, 0) is 12.8 Å². The third-order valence-corrected chi connectivity index (χ3v) is 7.21. The summed E-state index contributed by atoms with van der Waals surface area (Å²) in [5, 5.41) is 6.66. The first-order valence-electron chi connectivity index (χ1n) is 9.91. The second-order valence-electron chi connectivity index (χ2n) is 8.63. The van der Waals surface area contributed by atoms with Gasteiger partial charge in [-0.3, -0.25) is 14.9 Å². The normalized spacial score (nSPS) is 15.7. The molecule has 1 aliphatic carbocycles. The molecule has 1 aromatic carbocycles. The molecule has 0 saturated carbocycles. The number of anilines is 1. The monoisotopic (exact) mass is 479 g/mol. The first kappa shape index (κ1) is 23.5. The van der Waals surface area contributed by atoms with Crippen molar-refractivity contribution in [2.45, 2.75) is 40.0 Å². The Morgan fingerprint density at radius 1 is 1.32 bits per heavy atom. The Balaban J connectivity index is 1.81. The number of ether oxygens (including phenoxy) is 1. The van der Waals surface area contributed by atoms with Crippen molar-refractivity contribution in [2.24, 2.45) is 17.1 Å². The highest BCUT2D eigenvalue weighted by Crippen LogP contribution is 2.44. The van der Waals surface area contributed by atoms with Gasteiger partial charge in [0.15, 0.2) is 5.11 Å². The Morgan fingerprint density at radius 2 is 2.03 bits per heavy atom. The Kier molecular flexibility index (Phi) is 6.93. The molecule has 0 bridgehead atoms. The van der Waals surface area contributed by atoms with E-state index in [-0.39, 0.29) is 16.1 Å². The molecule has 166 valence electrons. The Bertz CT molecular complexity index is 1040. The molecular formula is C22H26ClN3O3S2. The Hall–Kier alpha value is -2.16. The number of hydrogen-bond acceptors (Lipinski definition) is 5. The summed E-state index contributed by atoms with van der Waals surface area (Å²) in [4.78, 5) is 26.0. The predicted molar refractivity (Wildman–Crippen MR) is 129 cm³/mol. The van der Waals surface area contributed by atoms with Gasteiger partial charge >= 0.3 is 0 Å². The molecule has 1 aliphatic rings. The lowest BCUT2D eigenvalue weighted by Crippen LogP contribution is -2.34. The van der Waals surface area contributed by atoms with Crippen LogP contribution >= 0.6 is 35.2 Å². The van der Waals surface area contributed by atoms with Gasteiger partial charge in [-0.2, -0.15) is 0 Å². The van der Waals surface area contributed by atoms with E-state index in [1.54, 1.807) is 12.1 Å². The van der Waals surface area contributed by atoms with E-state index in [2.05, 4.69) is 31.4 Å². The number of benzene rings is 1. The number of amides is 2. The molecule has 6 nitrogen and oxygen atoms in total. The minimum absolute atomic E-state index is 0.0699. The molecule has 1 unspecified atom stereocenters. The lowest BCUT2D eigenvalue weighted by molar-refractivity contribution is 0.0972. The number of fused-ring (bicyclic) bond motifs is 1. The number of hydrogen-bond donors (Lipinski definition) is 3. The molecule has 0 spiro atoms. The standard InChI is InChI=1S/C22H26ClN3O3S2/c1-22(2,3)11-5-7-13-16(9-11)31-20(17(13)18(24)27)26-21(30)25-19(28)14-10-12(23)6-8-15(14)29-4/h6,8,10-11H,5,7,9H2,1-4H3,(H2,24,27)(H2,25,26,28,30). The average Bonchev–Trinajstić information content (AvgIpc) is 3.04. The number of thiophene rings is 1. The van der Waals surface area contributed by atoms with Crippen molar-refractivity contribution in [3.05, 3.63) is 44.8 Å². The molecule has 1 atom stereocenters. The maximum absolute atomic E-state index is 12.7. The third kappa shape index (κ3) is 5.19. The van der Waals surface area contributed by atoms with Crippen LogP contribution in [0.15, 0.2) is 18.2 Å². The smallest absolute Gasteiger partial charge is 0.261 e. The molecule has 9 heteroatoms. The maximum Gasteiger partial charge on any atom is 0.261 e. The number of thiocarbonyl (C=S) groups is 1. The fraction of sp³-hybridized carbons (Fsp3) is 0.409. The maximum atomic E-state index is 12.7. The van der Waals surface area contributed by atoms with Gasteiger partial charge in [-0.05, 0) is 66.6 Å². The Morgan fingerprint density at radius 3 is 2.65 bits per heavy atom. The molecule has 3 rings (SSSR count). The van der Waals surface area contributed by atoms with Crippen molar-refractivity contribution in [2.75, 3.05) is 12.4 Å². The van der Waals surface area contributed by atoms with Crippen LogP contribution in [-0.4, -0.2) is 24.0 Å². The van der Waals surface area contributed by atoms with Crippen LogP contribution in [0.2, 0.25) is 5.02 Å². The van der Waals surface area contributed by atoms with Gasteiger partial charge in [-0.25, -0.2) is 0 Å². The van der Waals surface area contributed by atoms with Crippen LogP contribution in [0.3, 0.4) is 0 Å². The van der Waals surface area contributed by atoms with Gasteiger partial charge in [0, 0.05) is 9.90 Å². The number of rotatable bonds is 4. The number of carbonyl (C=O) groups excluding carboxylic acids is 2. The Labute approximate surface area is 196 Å². The van der Waals surface area contributed by atoms with Crippen LogP contribution < -0.4 is 21.1 Å². The molecule has 0 radical (unpaired) electrons. The largest absolute Gasteiger partial charge is 0.496 e. The summed E-state index contributed by atoms with van der Waals surface area (Å²) < 4.78 is 5.22. The summed E-state index contributed by atoms with van der Waals surface area (Å²) >= 11 is 12.8. The van der Waals surface area contributed by atoms with Crippen molar-refractivity contribution >= 4 is 57.1 Å². The molecule has 31 heavy (non-hydrogen) atoms. The minimum Gasteiger partial charge on any atom is -0.496 e. The molecule has 2 aromatic rings. The van der Waals surface area contributed by atoms with Crippen LogP contribution in [0.4, 0.5) is 5.00 Å². The van der Waals surface area contributed by atoms with Gasteiger partial charge in [0.25, 0.3) is 11.8 Å². The fourth-order valence-electron chi connectivity index (χ4n) is 3.84. The van der Waals surface area contributed by atoms with Crippen molar-refractivity contribution in [1.82, 2.24) is 5.32 Å². The van der Waals surface area contributed by atoms with E-state index in [1.807, 2.05) is 0 Å². The first-order chi connectivity index (χ1) is 14.5. The summed E-state index contributed by atoms with van der Waals surface area (Å²) in [5.41, 5.74) is 7.59. The topological polar surface area (TPSA) is 93.4 Å². The van der Waals surface area contributed by atoms with Gasteiger partial charge < -0.3 is 15.8 Å². The highest BCUT2D eigenvalue weighted by Gasteiger charge is 2.33. The summed E-state index contributed by atoms with van der Waals surface area (Å²) in [6.07, 6.45) is 2.69. The molecule has 4 N–H and O–H groups in total. The van der Waals surface area contributed by atoms with E-state index >= 15 is 0 Å². The summed E-state index contributed by atoms with van der Waals surface area (Å²) in [6.45, 7) is 6.71. The van der Waals surface area contributed by atoms with Crippen molar-refractivity contribution < 1.29 is 14.3 Å². The zero-order valence-electron chi connectivity index (χ0n) is 17.9. The lowest BCUT2D eigenvalue weighted by Gasteiger charge is -2.33. The SMILES string of the molecule is COc1ccc(Cl)cc1C(=O)NC(=S)Nc1sc2c(c1C(N)=O)CCC(C(C)(C)C)C2. The highest BCUT2D eigenvalue weighted by molar-refractivity contribution is 7.80. The van der Waals surface area contributed by atoms with Gasteiger partial charge in [0.2, 0.25) is 0 Å². The van der Waals surface area contributed by atoms with E-state index in [1.165, 1.54) is 24.5 Å². The van der Waals surface area contributed by atoms with E-state index in [4.69, 9.17) is 34.3 Å². The average molecular weight is 480 g/mol. The second-order valence-corrected chi connectivity index (χ2v) is 10.6. The van der Waals surface area contributed by atoms with Crippen molar-refractivity contribution in [3.8, 4) is 5.75 Å².